The summed E-state index contributed by atoms with van der Waals surface area (Å²) in [6.45, 7) is 1.91. The van der Waals surface area contributed by atoms with E-state index < -0.39 is 9.24 Å². The zero-order chi connectivity index (χ0) is 9.35. The molecule has 0 amide bonds. The summed E-state index contributed by atoms with van der Waals surface area (Å²) in [4.78, 5) is 0. The molecule has 1 unspecified atom stereocenters. The maximum Gasteiger partial charge on any atom is 0.299 e. The smallest absolute Gasteiger partial charge is 0.195 e. The van der Waals surface area contributed by atoms with E-state index in [1.54, 1.807) is 0 Å². The lowest BCUT2D eigenvalue weighted by Gasteiger charge is -2.35. The second kappa shape index (κ2) is 3.52. The van der Waals surface area contributed by atoms with E-state index in [2.05, 4.69) is 0 Å². The summed E-state index contributed by atoms with van der Waals surface area (Å²) in [7, 11) is 3.22. The lowest BCUT2D eigenvalue weighted by atomic mass is 9.80. The zero-order valence-corrected chi connectivity index (χ0v) is 8.90. The third-order valence-corrected chi connectivity index (χ3v) is 4.42. The van der Waals surface area contributed by atoms with Gasteiger partial charge in [0.15, 0.2) is 0 Å². The number of rotatable bonds is 3. The molecule has 0 aromatic heterocycles. The zero-order valence-electron chi connectivity index (χ0n) is 7.33. The minimum atomic E-state index is -3.52. The third kappa shape index (κ3) is 2.12. The van der Waals surface area contributed by atoms with E-state index >= 15 is 0 Å². The van der Waals surface area contributed by atoms with Crippen LogP contribution in [-0.2, 0) is 9.24 Å². The van der Waals surface area contributed by atoms with Crippen molar-refractivity contribution in [2.75, 3.05) is 7.05 Å². The summed E-state index contributed by atoms with van der Waals surface area (Å²) >= 11 is 0. The van der Waals surface area contributed by atoms with Gasteiger partial charge in [-0.1, -0.05) is 6.42 Å². The number of hydrogen-bond acceptors (Lipinski definition) is 2. The quantitative estimate of drug-likeness (QED) is 0.665. The summed E-state index contributed by atoms with van der Waals surface area (Å²) in [6.07, 6.45) is 3.46. The Kier molecular flexibility index (Phi) is 3.01. The number of nitrogens with zero attached hydrogens (tertiary/aromatic N) is 1. The fourth-order valence-electron chi connectivity index (χ4n) is 1.42. The second-order valence-electron chi connectivity index (χ2n) is 3.39. The fraction of sp³-hybridized carbons (Fsp3) is 1.00. The van der Waals surface area contributed by atoms with Crippen molar-refractivity contribution in [1.82, 2.24) is 4.31 Å². The maximum atomic E-state index is 10.9. The van der Waals surface area contributed by atoms with Crippen LogP contribution in [0.3, 0.4) is 0 Å². The van der Waals surface area contributed by atoms with Gasteiger partial charge in [0.1, 0.15) is 0 Å². The normalized spacial score (nSPS) is 22.3. The van der Waals surface area contributed by atoms with E-state index in [-0.39, 0.29) is 6.04 Å². The molecule has 12 heavy (non-hydrogen) atoms. The van der Waals surface area contributed by atoms with Crippen LogP contribution in [0.25, 0.3) is 0 Å². The predicted molar refractivity (Wildman–Crippen MR) is 49.3 cm³/mol. The lowest BCUT2D eigenvalue weighted by molar-refractivity contribution is 0.194. The van der Waals surface area contributed by atoms with E-state index in [4.69, 9.17) is 10.7 Å². The standard InChI is InChI=1S/C7H14ClNO2S/c1-6(7-4-3-5-7)9(2)12(8,10)11/h6-7H,3-5H2,1-2H3. The van der Waals surface area contributed by atoms with E-state index in [0.29, 0.717) is 5.92 Å². The van der Waals surface area contributed by atoms with Crippen LogP contribution in [0, 0.1) is 5.92 Å². The van der Waals surface area contributed by atoms with Gasteiger partial charge in [0.2, 0.25) is 0 Å². The van der Waals surface area contributed by atoms with Gasteiger partial charge >= 0.3 is 0 Å². The van der Waals surface area contributed by atoms with E-state index in [1.165, 1.54) is 17.8 Å². The first-order chi connectivity index (χ1) is 5.43. The molecular formula is C7H14ClNO2S. The van der Waals surface area contributed by atoms with Gasteiger partial charge in [-0.15, -0.1) is 0 Å². The minimum absolute atomic E-state index is 0.0428. The van der Waals surface area contributed by atoms with Crippen LogP contribution in [0.2, 0.25) is 0 Å². The van der Waals surface area contributed by atoms with Crippen molar-refractivity contribution in [3.05, 3.63) is 0 Å². The Morgan fingerprint density at radius 3 is 2.25 bits per heavy atom. The average molecular weight is 212 g/mol. The molecule has 0 spiro atoms. The minimum Gasteiger partial charge on any atom is -0.195 e. The van der Waals surface area contributed by atoms with Gasteiger partial charge in [-0.2, -0.15) is 12.7 Å². The van der Waals surface area contributed by atoms with Crippen LogP contribution < -0.4 is 0 Å². The van der Waals surface area contributed by atoms with Crippen LogP contribution in [0.4, 0.5) is 0 Å². The SMILES string of the molecule is CC(C1CCC1)N(C)S(=O)(=O)Cl. The van der Waals surface area contributed by atoms with Crippen molar-refractivity contribution >= 4 is 19.9 Å². The highest BCUT2D eigenvalue weighted by Crippen LogP contribution is 2.32. The third-order valence-electron chi connectivity index (χ3n) is 2.75. The van der Waals surface area contributed by atoms with Crippen molar-refractivity contribution in [3.8, 4) is 0 Å². The Morgan fingerprint density at radius 1 is 1.50 bits per heavy atom. The molecular weight excluding hydrogens is 198 g/mol. The monoisotopic (exact) mass is 211 g/mol. The van der Waals surface area contributed by atoms with Crippen molar-refractivity contribution in [2.45, 2.75) is 32.2 Å². The van der Waals surface area contributed by atoms with Crippen LogP contribution in [0.15, 0.2) is 0 Å². The highest BCUT2D eigenvalue weighted by Gasteiger charge is 2.31. The average Bonchev–Trinajstić information content (AvgIpc) is 1.79. The van der Waals surface area contributed by atoms with Crippen LogP contribution >= 0.6 is 10.7 Å². The Balaban J connectivity index is 2.57. The molecule has 1 aliphatic carbocycles. The first kappa shape index (κ1) is 10.3. The Hall–Kier alpha value is 0.200. The molecule has 1 atom stereocenters. The highest BCUT2D eigenvalue weighted by atomic mass is 35.7. The molecule has 0 radical (unpaired) electrons. The van der Waals surface area contributed by atoms with Crippen molar-refractivity contribution < 1.29 is 8.42 Å². The van der Waals surface area contributed by atoms with Gasteiger partial charge in [0, 0.05) is 23.8 Å². The Labute approximate surface area is 78.3 Å². The van der Waals surface area contributed by atoms with Gasteiger partial charge in [0.25, 0.3) is 9.24 Å². The largest absolute Gasteiger partial charge is 0.299 e. The topological polar surface area (TPSA) is 37.4 Å². The molecule has 3 nitrogen and oxygen atoms in total. The molecule has 1 saturated carbocycles. The molecule has 0 heterocycles. The van der Waals surface area contributed by atoms with Crippen LogP contribution in [0.1, 0.15) is 26.2 Å². The summed E-state index contributed by atoms with van der Waals surface area (Å²) in [6, 6.07) is 0.0428. The van der Waals surface area contributed by atoms with E-state index in [9.17, 15) is 8.42 Å². The summed E-state index contributed by atoms with van der Waals surface area (Å²) < 4.78 is 23.1. The molecule has 72 valence electrons. The molecule has 0 N–H and O–H groups in total. The highest BCUT2D eigenvalue weighted by molar-refractivity contribution is 8.11. The molecule has 1 rings (SSSR count). The number of hydrogen-bond donors (Lipinski definition) is 0. The Morgan fingerprint density at radius 2 is 2.00 bits per heavy atom. The van der Waals surface area contributed by atoms with Crippen LogP contribution in [0.5, 0.6) is 0 Å². The first-order valence-corrected chi connectivity index (χ1v) is 6.37. The predicted octanol–water partition coefficient (Wildman–Crippen LogP) is 1.59. The molecule has 1 aliphatic rings. The second-order valence-corrected chi connectivity index (χ2v) is 5.96. The van der Waals surface area contributed by atoms with Crippen LogP contribution in [-0.4, -0.2) is 25.8 Å². The van der Waals surface area contributed by atoms with Gasteiger partial charge in [-0.3, -0.25) is 0 Å². The van der Waals surface area contributed by atoms with Gasteiger partial charge in [-0.05, 0) is 25.7 Å². The van der Waals surface area contributed by atoms with Gasteiger partial charge in [0.05, 0.1) is 0 Å². The summed E-state index contributed by atoms with van der Waals surface area (Å²) in [5.74, 6) is 0.503. The molecule has 0 aliphatic heterocycles. The molecule has 0 saturated heterocycles. The maximum absolute atomic E-state index is 10.9. The van der Waals surface area contributed by atoms with Crippen molar-refractivity contribution in [2.24, 2.45) is 5.92 Å². The Bertz CT molecular complexity index is 248. The van der Waals surface area contributed by atoms with Gasteiger partial charge in [-0.25, -0.2) is 0 Å². The van der Waals surface area contributed by atoms with Crippen molar-refractivity contribution in [1.29, 1.82) is 0 Å². The van der Waals surface area contributed by atoms with Gasteiger partial charge < -0.3 is 0 Å². The molecule has 0 aromatic rings. The molecule has 1 fully saturated rings. The number of halogens is 1. The van der Waals surface area contributed by atoms with Crippen molar-refractivity contribution in [3.63, 3.8) is 0 Å². The van der Waals surface area contributed by atoms with E-state index in [1.807, 2.05) is 6.92 Å². The van der Waals surface area contributed by atoms with E-state index in [0.717, 1.165) is 12.8 Å². The fourth-order valence-corrected chi connectivity index (χ4v) is 2.36. The summed E-state index contributed by atoms with van der Waals surface area (Å²) in [5, 5.41) is 0. The summed E-state index contributed by atoms with van der Waals surface area (Å²) in [5.41, 5.74) is 0. The first-order valence-electron chi connectivity index (χ1n) is 4.10. The molecule has 5 heteroatoms. The molecule has 0 bridgehead atoms. The molecule has 0 aromatic carbocycles. The lowest BCUT2D eigenvalue weighted by Crippen LogP contribution is -2.40.